The number of amides is 1. The smallest absolute Gasteiger partial charge is 0.410 e. The SMILES string of the molecule is CC(C)(C)OC(=O)N1CC(Oc2ncc(I)cn2)C1. The van der Waals surface area contributed by atoms with Crippen LogP contribution in [0.1, 0.15) is 20.8 Å². The standard InChI is InChI=1S/C12H16IN3O3/c1-12(2,3)19-11(17)16-6-9(7-16)18-10-14-4-8(13)5-15-10/h4-5,9H,6-7H2,1-3H3. The molecule has 19 heavy (non-hydrogen) atoms. The molecule has 104 valence electrons. The lowest BCUT2D eigenvalue weighted by atomic mass is 10.2. The molecule has 0 aliphatic carbocycles. The normalized spacial score (nSPS) is 15.9. The van der Waals surface area contributed by atoms with E-state index in [1.165, 1.54) is 0 Å². The summed E-state index contributed by atoms with van der Waals surface area (Å²) in [5.74, 6) is 0. The molecule has 1 aromatic rings. The minimum Gasteiger partial charge on any atom is -0.456 e. The van der Waals surface area contributed by atoms with Crippen molar-refractivity contribution >= 4 is 28.7 Å². The number of hydrogen-bond donors (Lipinski definition) is 0. The van der Waals surface area contributed by atoms with Crippen LogP contribution < -0.4 is 4.74 Å². The Morgan fingerprint density at radius 2 is 1.95 bits per heavy atom. The van der Waals surface area contributed by atoms with Crippen LogP contribution in [0.15, 0.2) is 12.4 Å². The summed E-state index contributed by atoms with van der Waals surface area (Å²) in [4.78, 5) is 21.4. The number of hydrogen-bond acceptors (Lipinski definition) is 5. The highest BCUT2D eigenvalue weighted by Crippen LogP contribution is 2.18. The van der Waals surface area contributed by atoms with E-state index in [1.807, 2.05) is 20.8 Å². The van der Waals surface area contributed by atoms with Crippen molar-refractivity contribution in [1.29, 1.82) is 0 Å². The summed E-state index contributed by atoms with van der Waals surface area (Å²) < 4.78 is 11.7. The van der Waals surface area contributed by atoms with E-state index < -0.39 is 5.60 Å². The summed E-state index contributed by atoms with van der Waals surface area (Å²) in [6.07, 6.45) is 3.00. The molecule has 6 nitrogen and oxygen atoms in total. The molecule has 0 aromatic carbocycles. The van der Waals surface area contributed by atoms with Crippen LogP contribution in [0.5, 0.6) is 6.01 Å². The van der Waals surface area contributed by atoms with E-state index in [-0.39, 0.29) is 12.2 Å². The Labute approximate surface area is 125 Å². The summed E-state index contributed by atoms with van der Waals surface area (Å²) in [6.45, 7) is 6.54. The first-order chi connectivity index (χ1) is 8.83. The Kier molecular flexibility index (Phi) is 4.12. The zero-order valence-electron chi connectivity index (χ0n) is 11.1. The fraction of sp³-hybridized carbons (Fsp3) is 0.583. The van der Waals surface area contributed by atoms with Crippen molar-refractivity contribution in [2.45, 2.75) is 32.5 Å². The molecule has 1 fully saturated rings. The van der Waals surface area contributed by atoms with Crippen LogP contribution in [0.2, 0.25) is 0 Å². The molecule has 0 saturated carbocycles. The van der Waals surface area contributed by atoms with E-state index in [4.69, 9.17) is 9.47 Å². The molecule has 1 saturated heterocycles. The molecular formula is C12H16IN3O3. The number of carbonyl (C=O) groups is 1. The van der Waals surface area contributed by atoms with Gasteiger partial charge in [0, 0.05) is 16.0 Å². The van der Waals surface area contributed by atoms with Gasteiger partial charge in [0.1, 0.15) is 11.7 Å². The number of likely N-dealkylation sites (tertiary alicyclic amines) is 1. The van der Waals surface area contributed by atoms with Gasteiger partial charge in [-0.15, -0.1) is 0 Å². The monoisotopic (exact) mass is 377 g/mol. The van der Waals surface area contributed by atoms with Gasteiger partial charge in [-0.2, -0.15) is 0 Å². The van der Waals surface area contributed by atoms with Gasteiger partial charge >= 0.3 is 12.1 Å². The van der Waals surface area contributed by atoms with Gasteiger partial charge in [-0.3, -0.25) is 0 Å². The summed E-state index contributed by atoms with van der Waals surface area (Å²) >= 11 is 2.13. The second-order valence-corrected chi connectivity index (χ2v) is 6.55. The van der Waals surface area contributed by atoms with Gasteiger partial charge in [0.25, 0.3) is 0 Å². The fourth-order valence-corrected chi connectivity index (χ4v) is 1.78. The van der Waals surface area contributed by atoms with Gasteiger partial charge in [-0.25, -0.2) is 14.8 Å². The van der Waals surface area contributed by atoms with Gasteiger partial charge in [0.05, 0.1) is 13.1 Å². The average molecular weight is 377 g/mol. The third kappa shape index (κ3) is 4.19. The molecule has 0 atom stereocenters. The summed E-state index contributed by atoms with van der Waals surface area (Å²) in [7, 11) is 0. The molecule has 1 aliphatic rings. The Morgan fingerprint density at radius 3 is 2.47 bits per heavy atom. The zero-order chi connectivity index (χ0) is 14.0. The Morgan fingerprint density at radius 1 is 1.37 bits per heavy atom. The number of ether oxygens (including phenoxy) is 2. The molecule has 2 heterocycles. The number of nitrogens with zero attached hydrogens (tertiary/aromatic N) is 3. The predicted octanol–water partition coefficient (Wildman–Crippen LogP) is 2.08. The highest BCUT2D eigenvalue weighted by Gasteiger charge is 2.35. The minimum absolute atomic E-state index is 0.0624. The van der Waals surface area contributed by atoms with Gasteiger partial charge < -0.3 is 14.4 Å². The molecule has 0 radical (unpaired) electrons. The van der Waals surface area contributed by atoms with Crippen LogP contribution in [0.25, 0.3) is 0 Å². The van der Waals surface area contributed by atoms with Crippen LogP contribution >= 0.6 is 22.6 Å². The average Bonchev–Trinajstić information content (AvgIpc) is 2.22. The maximum absolute atomic E-state index is 11.7. The van der Waals surface area contributed by atoms with E-state index in [0.717, 1.165) is 3.57 Å². The number of carbonyl (C=O) groups excluding carboxylic acids is 1. The molecule has 1 amide bonds. The van der Waals surface area contributed by atoms with Crippen molar-refractivity contribution in [3.63, 3.8) is 0 Å². The van der Waals surface area contributed by atoms with Crippen LogP contribution in [-0.2, 0) is 4.74 Å². The fourth-order valence-electron chi connectivity index (χ4n) is 1.50. The molecular weight excluding hydrogens is 361 g/mol. The highest BCUT2D eigenvalue weighted by molar-refractivity contribution is 14.1. The summed E-state index contributed by atoms with van der Waals surface area (Å²) in [5, 5.41) is 0. The summed E-state index contributed by atoms with van der Waals surface area (Å²) in [6, 6.07) is 0.342. The zero-order valence-corrected chi connectivity index (χ0v) is 13.2. The van der Waals surface area contributed by atoms with Gasteiger partial charge in [0.15, 0.2) is 0 Å². The molecule has 1 aliphatic heterocycles. The van der Waals surface area contributed by atoms with Crippen molar-refractivity contribution in [2.24, 2.45) is 0 Å². The molecule has 2 rings (SSSR count). The molecule has 0 bridgehead atoms. The first kappa shape index (κ1) is 14.3. The Balaban J connectivity index is 1.77. The van der Waals surface area contributed by atoms with Crippen molar-refractivity contribution in [3.05, 3.63) is 16.0 Å². The molecule has 1 aromatic heterocycles. The lowest BCUT2D eigenvalue weighted by molar-refractivity contribution is -0.0244. The molecule has 0 spiro atoms. The van der Waals surface area contributed by atoms with Crippen LogP contribution in [0.3, 0.4) is 0 Å². The van der Waals surface area contributed by atoms with Crippen molar-refractivity contribution in [3.8, 4) is 6.01 Å². The van der Waals surface area contributed by atoms with Crippen molar-refractivity contribution in [2.75, 3.05) is 13.1 Å². The van der Waals surface area contributed by atoms with E-state index in [1.54, 1.807) is 17.3 Å². The molecule has 0 N–H and O–H groups in total. The van der Waals surface area contributed by atoms with E-state index in [2.05, 4.69) is 32.6 Å². The lowest BCUT2D eigenvalue weighted by Gasteiger charge is -2.38. The first-order valence-corrected chi connectivity index (χ1v) is 7.03. The lowest BCUT2D eigenvalue weighted by Crippen LogP contribution is -2.57. The quantitative estimate of drug-likeness (QED) is 0.739. The highest BCUT2D eigenvalue weighted by atomic mass is 127. The van der Waals surface area contributed by atoms with Gasteiger partial charge in [-0.05, 0) is 43.4 Å². The van der Waals surface area contributed by atoms with E-state index >= 15 is 0 Å². The number of aromatic nitrogens is 2. The van der Waals surface area contributed by atoms with Crippen LogP contribution in [0.4, 0.5) is 4.79 Å². The maximum atomic E-state index is 11.7. The Bertz CT molecular complexity index is 452. The van der Waals surface area contributed by atoms with Crippen LogP contribution in [-0.4, -0.2) is 45.8 Å². The molecule has 0 unspecified atom stereocenters. The van der Waals surface area contributed by atoms with E-state index in [9.17, 15) is 4.79 Å². The topological polar surface area (TPSA) is 64.5 Å². The second-order valence-electron chi connectivity index (χ2n) is 5.31. The largest absolute Gasteiger partial charge is 0.456 e. The number of rotatable bonds is 2. The Hall–Kier alpha value is -1.12. The third-order valence-corrected chi connectivity index (χ3v) is 2.93. The van der Waals surface area contributed by atoms with Crippen molar-refractivity contribution < 1.29 is 14.3 Å². The second kappa shape index (κ2) is 5.48. The minimum atomic E-state index is -0.470. The van der Waals surface area contributed by atoms with Gasteiger partial charge in [-0.1, -0.05) is 0 Å². The van der Waals surface area contributed by atoms with Crippen molar-refractivity contribution in [1.82, 2.24) is 14.9 Å². The maximum Gasteiger partial charge on any atom is 0.410 e. The van der Waals surface area contributed by atoms with Crippen LogP contribution in [0, 0.1) is 3.57 Å². The summed E-state index contributed by atoms with van der Waals surface area (Å²) in [5.41, 5.74) is -0.470. The predicted molar refractivity (Wildman–Crippen MR) is 77.0 cm³/mol. The van der Waals surface area contributed by atoms with Gasteiger partial charge in [0.2, 0.25) is 0 Å². The molecule has 7 heteroatoms. The first-order valence-electron chi connectivity index (χ1n) is 5.95. The number of halogens is 1. The van der Waals surface area contributed by atoms with E-state index in [0.29, 0.717) is 19.1 Å². The third-order valence-electron chi connectivity index (χ3n) is 2.37.